The molecular formula is C12H11NO2. The molecule has 1 rings (SSSR count). The molecule has 0 bridgehead atoms. The van der Waals surface area contributed by atoms with E-state index in [-0.39, 0.29) is 12.6 Å². The van der Waals surface area contributed by atoms with Crippen LogP contribution >= 0.6 is 0 Å². The van der Waals surface area contributed by atoms with Gasteiger partial charge in [-0.25, -0.2) is 4.79 Å². The molecule has 0 aliphatic carbocycles. The highest BCUT2D eigenvalue weighted by Gasteiger charge is 1.98. The summed E-state index contributed by atoms with van der Waals surface area (Å²) in [5, 5.41) is 8.57. The van der Waals surface area contributed by atoms with Crippen molar-refractivity contribution in [1.82, 2.24) is 0 Å². The third-order valence-corrected chi connectivity index (χ3v) is 1.77. The zero-order valence-electron chi connectivity index (χ0n) is 8.43. The van der Waals surface area contributed by atoms with Crippen molar-refractivity contribution in [3.8, 4) is 6.07 Å². The van der Waals surface area contributed by atoms with Crippen LogP contribution in [-0.2, 0) is 16.1 Å². The lowest BCUT2D eigenvalue weighted by Crippen LogP contribution is -2.00. The molecule has 0 aliphatic rings. The van der Waals surface area contributed by atoms with Crippen LogP contribution in [0.1, 0.15) is 18.1 Å². The highest BCUT2D eigenvalue weighted by Crippen LogP contribution is 2.04. The van der Waals surface area contributed by atoms with E-state index in [1.165, 1.54) is 6.08 Å². The molecule has 0 amide bonds. The summed E-state index contributed by atoms with van der Waals surface area (Å²) in [6.07, 6.45) is 2.99. The molecule has 0 heterocycles. The molecule has 1 aromatic carbocycles. The molecule has 0 fully saturated rings. The Morgan fingerprint density at radius 2 is 2.13 bits per heavy atom. The molecule has 0 saturated carbocycles. The van der Waals surface area contributed by atoms with E-state index >= 15 is 0 Å². The summed E-state index contributed by atoms with van der Waals surface area (Å²) in [4.78, 5) is 11.0. The Morgan fingerprint density at radius 1 is 1.47 bits per heavy atom. The van der Waals surface area contributed by atoms with Crippen LogP contribution in [0.25, 0.3) is 0 Å². The lowest BCUT2D eigenvalue weighted by molar-refractivity contribution is -0.139. The van der Waals surface area contributed by atoms with Gasteiger partial charge in [-0.05, 0) is 24.6 Å². The molecule has 1 aromatic rings. The maximum absolute atomic E-state index is 11.0. The average Bonchev–Trinajstić information content (AvgIpc) is 2.27. The zero-order valence-corrected chi connectivity index (χ0v) is 8.43. The Bertz CT molecular complexity index is 399. The summed E-state index contributed by atoms with van der Waals surface area (Å²) >= 11 is 0. The molecule has 3 nitrogen and oxygen atoms in total. The number of ether oxygens (including phenoxy) is 1. The molecule has 0 atom stereocenters. The number of hydrogen-bond donors (Lipinski definition) is 0. The normalized spacial score (nSPS) is 9.87. The van der Waals surface area contributed by atoms with Crippen LogP contribution in [0.4, 0.5) is 0 Å². The van der Waals surface area contributed by atoms with Gasteiger partial charge in [0.2, 0.25) is 0 Å². The minimum atomic E-state index is -0.359. The average molecular weight is 201 g/mol. The van der Waals surface area contributed by atoms with Gasteiger partial charge in [0.05, 0.1) is 11.6 Å². The van der Waals surface area contributed by atoms with Crippen LogP contribution in [0, 0.1) is 11.3 Å². The molecule has 0 radical (unpaired) electrons. The van der Waals surface area contributed by atoms with E-state index in [2.05, 4.69) is 0 Å². The van der Waals surface area contributed by atoms with Crippen molar-refractivity contribution in [2.45, 2.75) is 13.5 Å². The van der Waals surface area contributed by atoms with Crippen molar-refractivity contribution >= 4 is 5.97 Å². The molecule has 0 N–H and O–H groups in total. The Balaban J connectivity index is 2.52. The first-order chi connectivity index (χ1) is 7.26. The minimum absolute atomic E-state index is 0.231. The van der Waals surface area contributed by atoms with Crippen LogP contribution in [0.15, 0.2) is 36.4 Å². The number of carbonyl (C=O) groups excluding carboxylic acids is 1. The molecule has 0 unspecified atom stereocenters. The van der Waals surface area contributed by atoms with Crippen molar-refractivity contribution in [3.05, 3.63) is 47.5 Å². The fraction of sp³-hybridized carbons (Fsp3) is 0.167. The maximum atomic E-state index is 11.0. The molecule has 3 heteroatoms. The summed E-state index contributed by atoms with van der Waals surface area (Å²) in [5.41, 5.74) is 1.46. The summed E-state index contributed by atoms with van der Waals surface area (Å²) < 4.78 is 4.93. The zero-order chi connectivity index (χ0) is 11.1. The van der Waals surface area contributed by atoms with Crippen molar-refractivity contribution in [2.75, 3.05) is 0 Å². The number of esters is 1. The van der Waals surface area contributed by atoms with Gasteiger partial charge in [0.15, 0.2) is 0 Å². The van der Waals surface area contributed by atoms with Gasteiger partial charge >= 0.3 is 5.97 Å². The lowest BCUT2D eigenvalue weighted by atomic mass is 10.2. The van der Waals surface area contributed by atoms with E-state index in [4.69, 9.17) is 10.00 Å². The molecule has 0 spiro atoms. The molecule has 76 valence electrons. The molecule has 0 saturated heterocycles. The summed E-state index contributed by atoms with van der Waals surface area (Å²) in [6.45, 7) is 1.98. The van der Waals surface area contributed by atoms with Crippen molar-refractivity contribution in [2.24, 2.45) is 0 Å². The third-order valence-electron chi connectivity index (χ3n) is 1.77. The van der Waals surface area contributed by atoms with Gasteiger partial charge in [-0.1, -0.05) is 18.2 Å². The summed E-state index contributed by atoms with van der Waals surface area (Å²) in [6, 6.07) is 8.94. The largest absolute Gasteiger partial charge is 0.458 e. The van der Waals surface area contributed by atoms with Crippen molar-refractivity contribution in [1.29, 1.82) is 5.26 Å². The number of benzene rings is 1. The molecule has 15 heavy (non-hydrogen) atoms. The Kier molecular flexibility index (Phi) is 4.11. The number of allylic oxidation sites excluding steroid dienone is 1. The first-order valence-corrected chi connectivity index (χ1v) is 4.54. The van der Waals surface area contributed by atoms with Crippen molar-refractivity contribution < 1.29 is 9.53 Å². The Hall–Kier alpha value is -2.08. The highest BCUT2D eigenvalue weighted by atomic mass is 16.5. The van der Waals surface area contributed by atoms with Gasteiger partial charge in [0.1, 0.15) is 6.61 Å². The van der Waals surface area contributed by atoms with Gasteiger partial charge in [-0.2, -0.15) is 5.26 Å². The highest BCUT2D eigenvalue weighted by molar-refractivity contribution is 5.81. The van der Waals surface area contributed by atoms with Crippen LogP contribution < -0.4 is 0 Å². The maximum Gasteiger partial charge on any atom is 0.330 e. The fourth-order valence-corrected chi connectivity index (χ4v) is 1.01. The van der Waals surface area contributed by atoms with Crippen molar-refractivity contribution in [3.63, 3.8) is 0 Å². The lowest BCUT2D eigenvalue weighted by Gasteiger charge is -2.01. The van der Waals surface area contributed by atoms with E-state index in [1.54, 1.807) is 37.3 Å². The van der Waals surface area contributed by atoms with Gasteiger partial charge in [-0.3, -0.25) is 0 Å². The molecule has 0 aliphatic heterocycles. The van der Waals surface area contributed by atoms with E-state index in [1.807, 2.05) is 6.07 Å². The third kappa shape index (κ3) is 3.65. The topological polar surface area (TPSA) is 50.1 Å². The minimum Gasteiger partial charge on any atom is -0.458 e. The quantitative estimate of drug-likeness (QED) is 0.556. The number of carbonyl (C=O) groups is 1. The van der Waals surface area contributed by atoms with Crippen LogP contribution in [0.2, 0.25) is 0 Å². The Labute approximate surface area is 88.6 Å². The predicted molar refractivity (Wildman–Crippen MR) is 55.8 cm³/mol. The van der Waals surface area contributed by atoms with Gasteiger partial charge in [0.25, 0.3) is 0 Å². The number of nitrogens with zero attached hydrogens (tertiary/aromatic N) is 1. The van der Waals surface area contributed by atoms with Gasteiger partial charge in [0, 0.05) is 6.08 Å². The van der Waals surface area contributed by atoms with Gasteiger partial charge < -0.3 is 4.74 Å². The van der Waals surface area contributed by atoms with E-state index in [0.717, 1.165) is 5.56 Å². The van der Waals surface area contributed by atoms with Crippen LogP contribution in [0.3, 0.4) is 0 Å². The van der Waals surface area contributed by atoms with Gasteiger partial charge in [-0.15, -0.1) is 0 Å². The monoisotopic (exact) mass is 201 g/mol. The molecule has 0 aromatic heterocycles. The molecular weight excluding hydrogens is 190 g/mol. The second-order valence-corrected chi connectivity index (χ2v) is 2.92. The second kappa shape index (κ2) is 5.61. The SMILES string of the molecule is CC=CC(=O)OCc1ccc(C#N)cc1. The summed E-state index contributed by atoms with van der Waals surface area (Å²) in [7, 11) is 0. The number of hydrogen-bond acceptors (Lipinski definition) is 3. The first kappa shape index (κ1) is 11.0. The van der Waals surface area contributed by atoms with E-state index in [9.17, 15) is 4.79 Å². The second-order valence-electron chi connectivity index (χ2n) is 2.92. The standard InChI is InChI=1S/C12H11NO2/c1-2-3-12(14)15-9-11-6-4-10(8-13)5-7-11/h2-7H,9H2,1H3. The van der Waals surface area contributed by atoms with Crippen LogP contribution in [0.5, 0.6) is 0 Å². The predicted octanol–water partition coefficient (Wildman–Crippen LogP) is 2.18. The fourth-order valence-electron chi connectivity index (χ4n) is 1.01. The van der Waals surface area contributed by atoms with E-state index < -0.39 is 0 Å². The first-order valence-electron chi connectivity index (χ1n) is 4.54. The van der Waals surface area contributed by atoms with E-state index in [0.29, 0.717) is 5.56 Å². The number of rotatable bonds is 3. The summed E-state index contributed by atoms with van der Waals surface area (Å²) in [5.74, 6) is -0.359. The number of nitriles is 1. The van der Waals surface area contributed by atoms with Crippen LogP contribution in [-0.4, -0.2) is 5.97 Å². The Morgan fingerprint density at radius 3 is 2.67 bits per heavy atom. The smallest absolute Gasteiger partial charge is 0.330 e.